The van der Waals surface area contributed by atoms with Gasteiger partial charge < -0.3 is 9.72 Å². The minimum absolute atomic E-state index is 0.165. The van der Waals surface area contributed by atoms with Crippen molar-refractivity contribution >= 4 is 23.4 Å². The summed E-state index contributed by atoms with van der Waals surface area (Å²) < 4.78 is 20.9. The fourth-order valence-corrected chi connectivity index (χ4v) is 2.69. The van der Waals surface area contributed by atoms with Crippen LogP contribution in [0.1, 0.15) is 18.5 Å². The summed E-state index contributed by atoms with van der Waals surface area (Å²) in [6.45, 7) is 1.94. The second kappa shape index (κ2) is 5.25. The molecule has 7 heteroatoms. The number of H-pyrrole nitrogens is 1. The van der Waals surface area contributed by atoms with Gasteiger partial charge >= 0.3 is 0 Å². The first-order valence-electron chi connectivity index (χ1n) is 6.36. The molecule has 2 heterocycles. The van der Waals surface area contributed by atoms with E-state index in [4.69, 9.17) is 17.0 Å². The normalized spacial score (nSPS) is 12.5. The summed E-state index contributed by atoms with van der Waals surface area (Å²) in [6, 6.07) is 6.27. The van der Waals surface area contributed by atoms with Crippen LogP contribution in [0.5, 0.6) is 5.88 Å². The van der Waals surface area contributed by atoms with Gasteiger partial charge in [-0.3, -0.25) is 4.57 Å². The number of hydrogen-bond donors (Lipinski definition) is 1. The maximum atomic E-state index is 13.4. The molecule has 1 unspecified atom stereocenters. The second-order valence-corrected chi connectivity index (χ2v) is 5.00. The molecule has 0 aliphatic heterocycles. The van der Waals surface area contributed by atoms with Crippen molar-refractivity contribution in [3.8, 4) is 5.88 Å². The van der Waals surface area contributed by atoms with E-state index in [2.05, 4.69) is 15.0 Å². The number of hydrogen-bond acceptors (Lipinski definition) is 4. The van der Waals surface area contributed by atoms with Crippen LogP contribution in [-0.4, -0.2) is 26.6 Å². The molecule has 1 atom stereocenters. The highest BCUT2D eigenvalue weighted by Gasteiger charge is 2.17. The number of aromatic nitrogens is 4. The first-order valence-corrected chi connectivity index (χ1v) is 6.77. The number of methoxy groups -OCH3 is 1. The second-order valence-electron chi connectivity index (χ2n) is 4.61. The van der Waals surface area contributed by atoms with Crippen molar-refractivity contribution in [3.05, 3.63) is 46.7 Å². The lowest BCUT2D eigenvalue weighted by Gasteiger charge is -2.14. The van der Waals surface area contributed by atoms with Gasteiger partial charge in [-0.25, -0.2) is 9.37 Å². The highest BCUT2D eigenvalue weighted by Crippen LogP contribution is 2.26. The summed E-state index contributed by atoms with van der Waals surface area (Å²) in [7, 11) is 1.53. The van der Waals surface area contributed by atoms with Crippen molar-refractivity contribution in [2.24, 2.45) is 0 Å². The van der Waals surface area contributed by atoms with E-state index in [9.17, 15) is 4.39 Å². The molecule has 0 saturated heterocycles. The highest BCUT2D eigenvalue weighted by molar-refractivity contribution is 7.71. The Bertz CT molecular complexity index is 858. The van der Waals surface area contributed by atoms with Gasteiger partial charge in [0.2, 0.25) is 5.88 Å². The van der Waals surface area contributed by atoms with Gasteiger partial charge in [-0.15, -0.1) is 0 Å². The number of rotatable bonds is 3. The molecule has 0 fully saturated rings. The molecule has 21 heavy (non-hydrogen) atoms. The average molecular weight is 304 g/mol. The lowest BCUT2D eigenvalue weighted by atomic mass is 10.1. The molecule has 3 rings (SSSR count). The highest BCUT2D eigenvalue weighted by atomic mass is 32.1. The molecular weight excluding hydrogens is 291 g/mol. The van der Waals surface area contributed by atoms with Crippen LogP contribution in [0.25, 0.3) is 11.2 Å². The predicted octanol–water partition coefficient (Wildman–Crippen LogP) is 3.25. The van der Waals surface area contributed by atoms with Crippen molar-refractivity contribution in [2.45, 2.75) is 13.0 Å². The van der Waals surface area contributed by atoms with Crippen molar-refractivity contribution in [1.82, 2.24) is 19.5 Å². The number of benzene rings is 1. The molecular formula is C14H13FN4OS. The Morgan fingerprint density at radius 3 is 2.90 bits per heavy atom. The van der Waals surface area contributed by atoms with Gasteiger partial charge in [0, 0.05) is 0 Å². The fraction of sp³-hybridized carbons (Fsp3) is 0.214. The third-order valence-electron chi connectivity index (χ3n) is 3.38. The van der Waals surface area contributed by atoms with Gasteiger partial charge in [0.25, 0.3) is 0 Å². The summed E-state index contributed by atoms with van der Waals surface area (Å²) in [4.78, 5) is 11.3. The Morgan fingerprint density at radius 2 is 2.19 bits per heavy atom. The number of fused-ring (bicyclic) bond motifs is 1. The maximum absolute atomic E-state index is 13.4. The quantitative estimate of drug-likeness (QED) is 0.755. The van der Waals surface area contributed by atoms with Crippen LogP contribution in [0.4, 0.5) is 4.39 Å². The van der Waals surface area contributed by atoms with Crippen molar-refractivity contribution in [3.63, 3.8) is 0 Å². The minimum Gasteiger partial charge on any atom is -0.479 e. The minimum atomic E-state index is -0.280. The molecule has 0 aliphatic rings. The first kappa shape index (κ1) is 13.7. The van der Waals surface area contributed by atoms with Gasteiger partial charge in [-0.1, -0.05) is 12.1 Å². The van der Waals surface area contributed by atoms with E-state index in [0.717, 1.165) is 5.56 Å². The predicted molar refractivity (Wildman–Crippen MR) is 79.5 cm³/mol. The number of aromatic amines is 1. The Hall–Kier alpha value is -2.28. The van der Waals surface area contributed by atoms with E-state index in [0.29, 0.717) is 21.8 Å². The van der Waals surface area contributed by atoms with E-state index in [1.54, 1.807) is 6.07 Å². The number of halogens is 1. The molecule has 0 amide bonds. The topological polar surface area (TPSA) is 55.7 Å². The molecule has 0 spiro atoms. The summed E-state index contributed by atoms with van der Waals surface area (Å²) in [6.07, 6.45) is 1.42. The van der Waals surface area contributed by atoms with E-state index >= 15 is 0 Å². The first-order chi connectivity index (χ1) is 10.1. The third kappa shape index (κ3) is 2.29. The molecule has 0 saturated carbocycles. The van der Waals surface area contributed by atoms with Crippen LogP contribution in [-0.2, 0) is 0 Å². The number of nitrogens with zero attached hydrogens (tertiary/aromatic N) is 3. The van der Waals surface area contributed by atoms with Gasteiger partial charge in [0.05, 0.1) is 13.2 Å². The van der Waals surface area contributed by atoms with Crippen LogP contribution in [0, 0.1) is 10.6 Å². The van der Waals surface area contributed by atoms with Gasteiger partial charge in [-0.2, -0.15) is 4.98 Å². The fourth-order valence-electron chi connectivity index (χ4n) is 2.35. The van der Waals surface area contributed by atoms with E-state index in [1.165, 1.54) is 25.6 Å². The average Bonchev–Trinajstić information content (AvgIpc) is 2.82. The summed E-state index contributed by atoms with van der Waals surface area (Å²) in [5.74, 6) is 0.147. The summed E-state index contributed by atoms with van der Waals surface area (Å²) in [5.41, 5.74) is 2.07. The van der Waals surface area contributed by atoms with Crippen molar-refractivity contribution < 1.29 is 9.13 Å². The zero-order valence-electron chi connectivity index (χ0n) is 11.5. The van der Waals surface area contributed by atoms with Crippen molar-refractivity contribution in [2.75, 3.05) is 7.11 Å². The standard InChI is InChI=1S/C14H13FN4OS/c1-8(9-4-3-5-10(15)6-9)19-12-11(18-14(19)21)13(20-2)17-7-16-12/h3-8H,1-2H3,(H,18,21). The van der Waals surface area contributed by atoms with Gasteiger partial charge in [0.1, 0.15) is 17.7 Å². The molecule has 1 aromatic carbocycles. The Labute approximate surface area is 125 Å². The molecule has 108 valence electrons. The molecule has 2 aromatic heterocycles. The van der Waals surface area contributed by atoms with Crippen molar-refractivity contribution in [1.29, 1.82) is 0 Å². The van der Waals surface area contributed by atoms with Crippen LogP contribution in [0.2, 0.25) is 0 Å². The Morgan fingerprint density at radius 1 is 1.38 bits per heavy atom. The van der Waals surface area contributed by atoms with Crippen LogP contribution < -0.4 is 4.74 Å². The molecule has 0 radical (unpaired) electrons. The zero-order chi connectivity index (χ0) is 15.0. The molecule has 5 nitrogen and oxygen atoms in total. The van der Waals surface area contributed by atoms with Crippen LogP contribution in [0.15, 0.2) is 30.6 Å². The zero-order valence-corrected chi connectivity index (χ0v) is 12.3. The summed E-state index contributed by atoms with van der Waals surface area (Å²) in [5, 5.41) is 0. The Balaban J connectivity index is 2.21. The van der Waals surface area contributed by atoms with Gasteiger partial charge in [-0.05, 0) is 36.8 Å². The molecule has 3 aromatic rings. The molecule has 0 bridgehead atoms. The summed E-state index contributed by atoms with van der Waals surface area (Å²) >= 11 is 5.36. The molecule has 1 N–H and O–H groups in total. The van der Waals surface area contributed by atoms with E-state index < -0.39 is 0 Å². The SMILES string of the molecule is COc1ncnc2c1[nH]c(=S)n2C(C)c1cccc(F)c1. The maximum Gasteiger partial charge on any atom is 0.242 e. The Kier molecular flexibility index (Phi) is 3.42. The smallest absolute Gasteiger partial charge is 0.242 e. The largest absolute Gasteiger partial charge is 0.479 e. The van der Waals surface area contributed by atoms with Crippen LogP contribution >= 0.6 is 12.2 Å². The number of nitrogens with one attached hydrogen (secondary N) is 1. The van der Waals surface area contributed by atoms with Crippen LogP contribution in [0.3, 0.4) is 0 Å². The number of ether oxygens (including phenoxy) is 1. The van der Waals surface area contributed by atoms with Gasteiger partial charge in [0.15, 0.2) is 10.4 Å². The lowest BCUT2D eigenvalue weighted by molar-refractivity contribution is 0.401. The van der Waals surface area contributed by atoms with E-state index in [1.807, 2.05) is 17.6 Å². The third-order valence-corrected chi connectivity index (χ3v) is 3.68. The molecule has 0 aliphatic carbocycles. The number of imidazole rings is 1. The van der Waals surface area contributed by atoms with E-state index in [-0.39, 0.29) is 11.9 Å². The lowest BCUT2D eigenvalue weighted by Crippen LogP contribution is -2.08. The monoisotopic (exact) mass is 304 g/mol.